The van der Waals surface area contributed by atoms with E-state index in [-0.39, 0.29) is 19.1 Å². The number of amides is 1. The van der Waals surface area contributed by atoms with Crippen LogP contribution >= 0.6 is 7.82 Å². The molecule has 0 rings (SSSR count). The molecule has 0 aromatic heterocycles. The molecule has 0 fully saturated rings. The quantitative estimate of drug-likeness (QED) is 0.0243. The minimum Gasteiger partial charge on any atom is -0.391 e. The fourth-order valence-corrected chi connectivity index (χ4v) is 8.79. The van der Waals surface area contributed by atoms with Crippen LogP contribution in [0.5, 0.6) is 0 Å². The number of quaternary nitrogens is 1. The molecule has 0 aromatic carbocycles. The summed E-state index contributed by atoms with van der Waals surface area (Å²) in [4.78, 5) is 23.3. The van der Waals surface area contributed by atoms with Gasteiger partial charge < -0.3 is 19.8 Å². The summed E-state index contributed by atoms with van der Waals surface area (Å²) >= 11 is 0. The molecule has 0 aromatic rings. The van der Waals surface area contributed by atoms with Crippen molar-refractivity contribution < 1.29 is 32.9 Å². The van der Waals surface area contributed by atoms with Gasteiger partial charge in [-0.3, -0.25) is 13.8 Å². The highest BCUT2D eigenvalue weighted by Gasteiger charge is 2.28. The number of aliphatic hydroxyl groups is 1. The molecule has 0 spiro atoms. The van der Waals surface area contributed by atoms with Crippen molar-refractivity contribution >= 4 is 13.7 Å². The Labute approximate surface area is 421 Å². The zero-order chi connectivity index (χ0) is 49.9. The smallest absolute Gasteiger partial charge is 0.391 e. The van der Waals surface area contributed by atoms with Crippen LogP contribution in [0.3, 0.4) is 0 Å². The molecule has 1 amide bonds. The van der Waals surface area contributed by atoms with E-state index in [4.69, 9.17) is 9.05 Å². The molecular formula is C59H110N2O6P+. The second-order valence-corrected chi connectivity index (χ2v) is 21.7. The van der Waals surface area contributed by atoms with Gasteiger partial charge in [0.2, 0.25) is 5.91 Å². The zero-order valence-electron chi connectivity index (χ0n) is 45.1. The van der Waals surface area contributed by atoms with Crippen LogP contribution < -0.4 is 5.32 Å². The number of unbranched alkanes of at least 4 members (excludes halogenated alkanes) is 26. The average Bonchev–Trinajstić information content (AvgIpc) is 3.30. The summed E-state index contributed by atoms with van der Waals surface area (Å²) in [6.45, 7) is 4.75. The number of nitrogens with one attached hydrogen (secondary N) is 1. The average molecular weight is 975 g/mol. The number of nitrogens with zero attached hydrogens (tertiary/aromatic N) is 1. The summed E-state index contributed by atoms with van der Waals surface area (Å²) in [5.74, 6) is -0.186. The third-order valence-electron chi connectivity index (χ3n) is 12.5. The molecule has 0 radical (unpaired) electrons. The fourth-order valence-electron chi connectivity index (χ4n) is 8.05. The number of carbonyl (C=O) groups excluding carboxylic acids is 1. The second-order valence-electron chi connectivity index (χ2n) is 20.3. The molecule has 3 atom stereocenters. The van der Waals surface area contributed by atoms with Crippen molar-refractivity contribution in [2.45, 2.75) is 257 Å². The molecule has 0 heterocycles. The summed E-state index contributed by atoms with van der Waals surface area (Å²) in [7, 11) is 1.58. The van der Waals surface area contributed by atoms with E-state index in [2.05, 4.69) is 92.1 Å². The van der Waals surface area contributed by atoms with E-state index >= 15 is 0 Å². The SMILES string of the molecule is CC/C=C\C/C=C\C/C=C\C/C=C\C/C=C\C/C=C\CCCCC(=O)NC(COP(=O)(O)OCC[N+](C)(C)C)C(O)CCCCCCCCCCCCCCCCCCCCCCCCCCC. The van der Waals surface area contributed by atoms with Gasteiger partial charge in [-0.2, -0.15) is 0 Å². The Hall–Kier alpha value is -2.06. The number of rotatable bonds is 51. The van der Waals surface area contributed by atoms with Gasteiger partial charge in [0.1, 0.15) is 13.2 Å². The van der Waals surface area contributed by atoms with Gasteiger partial charge in [-0.05, 0) is 64.2 Å². The number of hydrogen-bond donors (Lipinski definition) is 3. The van der Waals surface area contributed by atoms with Gasteiger partial charge in [0.05, 0.1) is 39.9 Å². The van der Waals surface area contributed by atoms with Gasteiger partial charge >= 0.3 is 7.82 Å². The molecule has 0 aliphatic carbocycles. The monoisotopic (exact) mass is 974 g/mol. The largest absolute Gasteiger partial charge is 0.472 e. The minimum atomic E-state index is -4.34. The van der Waals surface area contributed by atoms with Crippen LogP contribution in [0, 0.1) is 0 Å². The van der Waals surface area contributed by atoms with E-state index in [9.17, 15) is 19.4 Å². The van der Waals surface area contributed by atoms with Crippen molar-refractivity contribution in [3.63, 3.8) is 0 Å². The molecule has 3 unspecified atom stereocenters. The molecule has 0 aliphatic heterocycles. The second kappa shape index (κ2) is 49.9. The Morgan fingerprint density at radius 2 is 0.882 bits per heavy atom. The van der Waals surface area contributed by atoms with Crippen molar-refractivity contribution in [1.82, 2.24) is 5.32 Å². The lowest BCUT2D eigenvalue weighted by atomic mass is 10.0. The van der Waals surface area contributed by atoms with Crippen LogP contribution in [0.4, 0.5) is 0 Å². The van der Waals surface area contributed by atoms with Gasteiger partial charge in [0.15, 0.2) is 0 Å². The Balaban J connectivity index is 4.26. The number of hydrogen-bond acceptors (Lipinski definition) is 5. The lowest BCUT2D eigenvalue weighted by molar-refractivity contribution is -0.870. The third kappa shape index (κ3) is 51.8. The number of likely N-dealkylation sites (N-methyl/N-ethyl adjacent to an activating group) is 1. The summed E-state index contributed by atoms with van der Waals surface area (Å²) < 4.78 is 23.7. The van der Waals surface area contributed by atoms with E-state index in [0.717, 1.165) is 70.6 Å². The molecule has 0 saturated heterocycles. The molecule has 9 heteroatoms. The topological polar surface area (TPSA) is 105 Å². The molecule has 396 valence electrons. The molecule has 0 aliphatic rings. The predicted molar refractivity (Wildman–Crippen MR) is 295 cm³/mol. The Kier molecular flexibility index (Phi) is 48.4. The Morgan fingerprint density at radius 1 is 0.515 bits per heavy atom. The van der Waals surface area contributed by atoms with Gasteiger partial charge in [0.25, 0.3) is 0 Å². The summed E-state index contributed by atoms with van der Waals surface area (Å²) in [6, 6.07) is -0.789. The van der Waals surface area contributed by atoms with Crippen LogP contribution in [0.1, 0.15) is 245 Å². The summed E-state index contributed by atoms with van der Waals surface area (Å²) in [6.07, 6.45) is 68.2. The van der Waals surface area contributed by atoms with Gasteiger partial charge in [0, 0.05) is 6.42 Å². The minimum absolute atomic E-state index is 0.0627. The first kappa shape index (κ1) is 65.9. The highest BCUT2D eigenvalue weighted by molar-refractivity contribution is 7.47. The van der Waals surface area contributed by atoms with Crippen molar-refractivity contribution in [2.75, 3.05) is 40.9 Å². The highest BCUT2D eigenvalue weighted by Crippen LogP contribution is 2.43. The van der Waals surface area contributed by atoms with Crippen LogP contribution in [-0.2, 0) is 18.4 Å². The zero-order valence-corrected chi connectivity index (χ0v) is 46.0. The van der Waals surface area contributed by atoms with Crippen LogP contribution in [0.2, 0.25) is 0 Å². The number of allylic oxidation sites excluding steroid dienone is 12. The predicted octanol–water partition coefficient (Wildman–Crippen LogP) is 17.1. The number of aliphatic hydroxyl groups excluding tert-OH is 1. The van der Waals surface area contributed by atoms with Gasteiger partial charge in [-0.1, -0.05) is 247 Å². The summed E-state index contributed by atoms with van der Waals surface area (Å²) in [5, 5.41) is 14.0. The van der Waals surface area contributed by atoms with E-state index in [1.807, 2.05) is 21.1 Å². The van der Waals surface area contributed by atoms with Crippen LogP contribution in [-0.4, -0.2) is 73.4 Å². The van der Waals surface area contributed by atoms with E-state index in [0.29, 0.717) is 30.3 Å². The van der Waals surface area contributed by atoms with E-state index in [1.54, 1.807) is 0 Å². The van der Waals surface area contributed by atoms with Crippen molar-refractivity contribution in [3.8, 4) is 0 Å². The van der Waals surface area contributed by atoms with E-state index < -0.39 is 20.0 Å². The maximum absolute atomic E-state index is 13.0. The van der Waals surface area contributed by atoms with Crippen molar-refractivity contribution in [3.05, 3.63) is 72.9 Å². The van der Waals surface area contributed by atoms with Gasteiger partial charge in [-0.15, -0.1) is 0 Å². The Bertz CT molecular complexity index is 1330. The fraction of sp³-hybridized carbons (Fsp3) is 0.780. The highest BCUT2D eigenvalue weighted by atomic mass is 31.2. The molecule has 0 bridgehead atoms. The molecule has 8 nitrogen and oxygen atoms in total. The first-order valence-electron chi connectivity index (χ1n) is 28.3. The van der Waals surface area contributed by atoms with Crippen LogP contribution in [0.15, 0.2) is 72.9 Å². The van der Waals surface area contributed by atoms with Crippen molar-refractivity contribution in [1.29, 1.82) is 0 Å². The first-order chi connectivity index (χ1) is 33.0. The van der Waals surface area contributed by atoms with Crippen molar-refractivity contribution in [2.24, 2.45) is 0 Å². The number of phosphoric acid groups is 1. The number of carbonyl (C=O) groups is 1. The molecule has 68 heavy (non-hydrogen) atoms. The maximum Gasteiger partial charge on any atom is 0.472 e. The molecular weight excluding hydrogens is 864 g/mol. The van der Waals surface area contributed by atoms with E-state index in [1.165, 1.54) is 141 Å². The van der Waals surface area contributed by atoms with Gasteiger partial charge in [-0.25, -0.2) is 4.57 Å². The summed E-state index contributed by atoms with van der Waals surface area (Å²) in [5.41, 5.74) is 0. The number of phosphoric ester groups is 1. The lowest BCUT2D eigenvalue weighted by Crippen LogP contribution is -2.46. The molecule has 0 saturated carbocycles. The Morgan fingerprint density at radius 3 is 1.26 bits per heavy atom. The first-order valence-corrected chi connectivity index (χ1v) is 29.8. The third-order valence-corrected chi connectivity index (χ3v) is 13.5. The standard InChI is InChI=1S/C59H109N2O6P/c1-6-8-10-12-14-16-18-20-22-24-26-28-29-30-31-33-34-36-38-40-42-44-46-48-50-52-58(62)57(56-67-68(64,65)66-55-54-61(3,4)5)60-59(63)53-51-49-47-45-43-41-39-37-35-32-27-25-23-21-19-17-15-13-11-9-7-2/h9,11,15,17,21,23,27,32,37,39,43,45,57-58,62H,6-8,10,12-14,16,18-20,22,24-26,28-31,33-36,38,40-42,44,46-56H2,1-5H3,(H-,60,63,64,65)/p+1/b11-9-,17-15-,23-21-,32-27-,39-37-,45-43-. The molecule has 3 N–H and O–H groups in total. The van der Waals surface area contributed by atoms with Crippen LogP contribution in [0.25, 0.3) is 0 Å². The maximum atomic E-state index is 13.0. The normalized spacial score (nSPS) is 14.5. The lowest BCUT2D eigenvalue weighted by Gasteiger charge is -2.26.